The highest BCUT2D eigenvalue weighted by Gasteiger charge is 2.31. The van der Waals surface area contributed by atoms with Crippen molar-refractivity contribution in [1.29, 1.82) is 0 Å². The standard InChI is InChI=1S/C18H22Cl2N2O4/c1-3-26-18(25)12-6-5-9-22(10-12)17(24)11(2)21-16(23)13-7-4-8-14(19)15(13)20/h4,7-8,11-12H,3,5-6,9-10H2,1-2H3,(H,21,23)/t11-,12+/m0/s1. The average Bonchev–Trinajstić information content (AvgIpc) is 2.63. The summed E-state index contributed by atoms with van der Waals surface area (Å²) in [7, 11) is 0. The minimum atomic E-state index is -0.751. The molecule has 0 radical (unpaired) electrons. The molecule has 1 saturated heterocycles. The normalized spacial score (nSPS) is 18.2. The molecule has 1 aromatic rings. The van der Waals surface area contributed by atoms with E-state index < -0.39 is 11.9 Å². The second kappa shape index (κ2) is 9.24. The summed E-state index contributed by atoms with van der Waals surface area (Å²) in [6.07, 6.45) is 1.41. The number of hydrogen-bond donors (Lipinski definition) is 1. The highest BCUT2D eigenvalue weighted by atomic mass is 35.5. The lowest BCUT2D eigenvalue weighted by Gasteiger charge is -2.33. The minimum Gasteiger partial charge on any atom is -0.466 e. The van der Waals surface area contributed by atoms with Gasteiger partial charge in [-0.15, -0.1) is 0 Å². The Morgan fingerprint density at radius 1 is 1.35 bits per heavy atom. The summed E-state index contributed by atoms with van der Waals surface area (Å²) in [5.74, 6) is -1.33. The molecule has 0 aliphatic carbocycles. The van der Waals surface area contributed by atoms with Gasteiger partial charge in [0.25, 0.3) is 5.91 Å². The fraction of sp³-hybridized carbons (Fsp3) is 0.500. The van der Waals surface area contributed by atoms with Crippen LogP contribution >= 0.6 is 23.2 Å². The molecule has 0 saturated carbocycles. The van der Waals surface area contributed by atoms with E-state index in [0.29, 0.717) is 26.1 Å². The number of carbonyl (C=O) groups excluding carboxylic acids is 3. The molecule has 0 unspecified atom stereocenters. The Bertz CT molecular complexity index is 696. The lowest BCUT2D eigenvalue weighted by atomic mass is 9.97. The molecule has 1 heterocycles. The molecular weight excluding hydrogens is 379 g/mol. The van der Waals surface area contributed by atoms with Crippen molar-refractivity contribution < 1.29 is 19.1 Å². The molecule has 2 atom stereocenters. The van der Waals surface area contributed by atoms with Gasteiger partial charge in [0.05, 0.1) is 28.1 Å². The Morgan fingerprint density at radius 3 is 2.77 bits per heavy atom. The number of ether oxygens (including phenoxy) is 1. The zero-order chi connectivity index (χ0) is 19.3. The molecule has 0 spiro atoms. The Morgan fingerprint density at radius 2 is 2.08 bits per heavy atom. The van der Waals surface area contributed by atoms with Crippen LogP contribution in [0.2, 0.25) is 10.0 Å². The fourth-order valence-corrected chi connectivity index (χ4v) is 3.31. The van der Waals surface area contributed by atoms with Crippen molar-refractivity contribution in [3.05, 3.63) is 33.8 Å². The zero-order valence-corrected chi connectivity index (χ0v) is 16.3. The van der Waals surface area contributed by atoms with Crippen LogP contribution in [0.4, 0.5) is 0 Å². The van der Waals surface area contributed by atoms with Gasteiger partial charge >= 0.3 is 5.97 Å². The maximum atomic E-state index is 12.6. The van der Waals surface area contributed by atoms with Crippen LogP contribution < -0.4 is 5.32 Å². The van der Waals surface area contributed by atoms with E-state index in [1.165, 1.54) is 0 Å². The molecule has 2 rings (SSSR count). The van der Waals surface area contributed by atoms with Gasteiger partial charge in [-0.1, -0.05) is 29.3 Å². The van der Waals surface area contributed by atoms with E-state index in [1.54, 1.807) is 36.9 Å². The third-order valence-electron chi connectivity index (χ3n) is 4.27. The molecule has 0 aromatic heterocycles. The maximum absolute atomic E-state index is 12.6. The summed E-state index contributed by atoms with van der Waals surface area (Å²) in [5.41, 5.74) is 0.210. The summed E-state index contributed by atoms with van der Waals surface area (Å²) in [5, 5.41) is 3.06. The number of carbonyl (C=O) groups is 3. The number of likely N-dealkylation sites (tertiary alicyclic amines) is 1. The molecule has 142 valence electrons. The van der Waals surface area contributed by atoms with Crippen LogP contribution in [0.3, 0.4) is 0 Å². The summed E-state index contributed by atoms with van der Waals surface area (Å²) in [6.45, 7) is 4.52. The average molecular weight is 401 g/mol. The second-order valence-electron chi connectivity index (χ2n) is 6.17. The number of rotatable bonds is 5. The van der Waals surface area contributed by atoms with E-state index in [9.17, 15) is 14.4 Å². The molecule has 6 nitrogen and oxygen atoms in total. The molecular formula is C18H22Cl2N2O4. The lowest BCUT2D eigenvalue weighted by molar-refractivity contribution is -0.151. The lowest BCUT2D eigenvalue weighted by Crippen LogP contribution is -2.51. The molecule has 26 heavy (non-hydrogen) atoms. The molecule has 8 heteroatoms. The topological polar surface area (TPSA) is 75.7 Å². The number of nitrogens with one attached hydrogen (secondary N) is 1. The smallest absolute Gasteiger partial charge is 0.310 e. The van der Waals surface area contributed by atoms with Crippen LogP contribution in [0.1, 0.15) is 37.0 Å². The monoisotopic (exact) mass is 400 g/mol. The van der Waals surface area contributed by atoms with Crippen LogP contribution in [0.15, 0.2) is 18.2 Å². The van der Waals surface area contributed by atoms with Gasteiger partial charge < -0.3 is 15.0 Å². The first-order valence-electron chi connectivity index (χ1n) is 8.55. The van der Waals surface area contributed by atoms with Gasteiger partial charge in [-0.2, -0.15) is 0 Å². The maximum Gasteiger partial charge on any atom is 0.310 e. The predicted molar refractivity (Wildman–Crippen MR) is 99.3 cm³/mol. The summed E-state index contributed by atoms with van der Waals surface area (Å²) >= 11 is 12.0. The van der Waals surface area contributed by atoms with E-state index in [-0.39, 0.29) is 33.4 Å². The van der Waals surface area contributed by atoms with E-state index in [1.807, 2.05) is 0 Å². The van der Waals surface area contributed by atoms with Crippen molar-refractivity contribution in [2.75, 3.05) is 19.7 Å². The molecule has 2 amide bonds. The second-order valence-corrected chi connectivity index (χ2v) is 6.96. The largest absolute Gasteiger partial charge is 0.466 e. The number of piperidine rings is 1. The Labute approximate surface area is 162 Å². The number of hydrogen-bond acceptors (Lipinski definition) is 4. The van der Waals surface area contributed by atoms with Crippen molar-refractivity contribution in [2.45, 2.75) is 32.7 Å². The summed E-state index contributed by atoms with van der Waals surface area (Å²) < 4.78 is 5.04. The van der Waals surface area contributed by atoms with Gasteiger partial charge in [-0.3, -0.25) is 14.4 Å². The Hall–Kier alpha value is -1.79. The van der Waals surface area contributed by atoms with E-state index in [2.05, 4.69) is 5.32 Å². The van der Waals surface area contributed by atoms with Gasteiger partial charge in [-0.05, 0) is 38.8 Å². The predicted octanol–water partition coefficient (Wildman–Crippen LogP) is 2.91. The summed E-state index contributed by atoms with van der Waals surface area (Å²) in [4.78, 5) is 38.5. The Kier molecular flexibility index (Phi) is 7.29. The Balaban J connectivity index is 1.99. The molecule has 0 bridgehead atoms. The number of nitrogens with zero attached hydrogens (tertiary/aromatic N) is 1. The van der Waals surface area contributed by atoms with Crippen LogP contribution in [0.5, 0.6) is 0 Å². The van der Waals surface area contributed by atoms with Crippen LogP contribution in [-0.2, 0) is 14.3 Å². The van der Waals surface area contributed by atoms with E-state index in [0.717, 1.165) is 6.42 Å². The molecule has 1 aliphatic heterocycles. The van der Waals surface area contributed by atoms with Crippen LogP contribution in [0, 0.1) is 5.92 Å². The van der Waals surface area contributed by atoms with Crippen molar-refractivity contribution in [1.82, 2.24) is 10.2 Å². The summed E-state index contributed by atoms with van der Waals surface area (Å²) in [6, 6.07) is 3.99. The molecule has 1 N–H and O–H groups in total. The van der Waals surface area contributed by atoms with Gasteiger partial charge in [0, 0.05) is 13.1 Å². The minimum absolute atomic E-state index is 0.145. The van der Waals surface area contributed by atoms with Gasteiger partial charge in [-0.25, -0.2) is 0 Å². The highest BCUT2D eigenvalue weighted by Crippen LogP contribution is 2.25. The third-order valence-corrected chi connectivity index (χ3v) is 5.09. The quantitative estimate of drug-likeness (QED) is 0.770. The van der Waals surface area contributed by atoms with Gasteiger partial charge in [0.2, 0.25) is 5.91 Å². The van der Waals surface area contributed by atoms with Crippen LogP contribution in [-0.4, -0.2) is 48.4 Å². The van der Waals surface area contributed by atoms with Crippen molar-refractivity contribution in [3.63, 3.8) is 0 Å². The first-order chi connectivity index (χ1) is 12.3. The molecule has 1 fully saturated rings. The number of esters is 1. The third kappa shape index (κ3) is 4.89. The number of halogens is 2. The first-order valence-corrected chi connectivity index (χ1v) is 9.31. The first kappa shape index (κ1) is 20.5. The van der Waals surface area contributed by atoms with Crippen molar-refractivity contribution in [3.8, 4) is 0 Å². The highest BCUT2D eigenvalue weighted by molar-refractivity contribution is 6.43. The van der Waals surface area contributed by atoms with Gasteiger partial charge in [0.1, 0.15) is 6.04 Å². The zero-order valence-electron chi connectivity index (χ0n) is 14.8. The van der Waals surface area contributed by atoms with Crippen molar-refractivity contribution >= 4 is 41.0 Å². The number of amides is 2. The molecule has 1 aliphatic rings. The van der Waals surface area contributed by atoms with Gasteiger partial charge in [0.15, 0.2) is 0 Å². The SMILES string of the molecule is CCOC(=O)[C@@H]1CCCN(C(=O)[C@H](C)NC(=O)c2cccc(Cl)c2Cl)C1. The van der Waals surface area contributed by atoms with E-state index >= 15 is 0 Å². The van der Waals surface area contributed by atoms with E-state index in [4.69, 9.17) is 27.9 Å². The molecule has 1 aromatic carbocycles. The van der Waals surface area contributed by atoms with Crippen molar-refractivity contribution in [2.24, 2.45) is 5.92 Å². The number of benzene rings is 1. The fourth-order valence-electron chi connectivity index (χ4n) is 2.92. The van der Waals surface area contributed by atoms with Crippen LogP contribution in [0.25, 0.3) is 0 Å².